The Balaban J connectivity index is 2.65. The Morgan fingerprint density at radius 2 is 1.67 bits per heavy atom. The van der Waals surface area contributed by atoms with E-state index in [1.54, 1.807) is 0 Å². The molecule has 84 valence electrons. The van der Waals surface area contributed by atoms with Crippen LogP contribution in [0.1, 0.15) is 26.3 Å². The molecule has 0 aliphatic rings. The molecular formula is C12H16F2S. The van der Waals surface area contributed by atoms with Gasteiger partial charge in [-0.2, -0.15) is 0 Å². The topological polar surface area (TPSA) is 0 Å². The van der Waals surface area contributed by atoms with Gasteiger partial charge in [0.05, 0.1) is 5.75 Å². The standard InChI is InChI=1S/C12H16F2S/c1-12(2,3)9-4-6-10(7-5-9)15-8-11(13)14/h4-7,11H,8H2,1-3H3. The van der Waals surface area contributed by atoms with Gasteiger partial charge in [0.15, 0.2) is 0 Å². The van der Waals surface area contributed by atoms with Crippen LogP contribution in [-0.2, 0) is 5.41 Å². The van der Waals surface area contributed by atoms with Crippen LogP contribution < -0.4 is 0 Å². The lowest BCUT2D eigenvalue weighted by Gasteiger charge is -2.19. The lowest BCUT2D eigenvalue weighted by atomic mass is 9.87. The van der Waals surface area contributed by atoms with Gasteiger partial charge in [-0.15, -0.1) is 11.8 Å². The van der Waals surface area contributed by atoms with Crippen molar-refractivity contribution in [3.8, 4) is 0 Å². The predicted octanol–water partition coefficient (Wildman–Crippen LogP) is 4.34. The molecule has 0 N–H and O–H groups in total. The maximum atomic E-state index is 12.0. The first kappa shape index (κ1) is 12.5. The number of alkyl halides is 2. The third-order valence-corrected chi connectivity index (χ3v) is 3.12. The first-order chi connectivity index (χ1) is 6.89. The van der Waals surface area contributed by atoms with Crippen LogP contribution in [0.2, 0.25) is 0 Å². The number of halogens is 2. The maximum Gasteiger partial charge on any atom is 0.247 e. The molecule has 0 heterocycles. The second-order valence-corrected chi connectivity index (χ2v) is 5.57. The third-order valence-electron chi connectivity index (χ3n) is 2.10. The van der Waals surface area contributed by atoms with Gasteiger partial charge < -0.3 is 0 Å². The molecule has 0 aromatic heterocycles. The molecule has 0 spiro atoms. The number of rotatable bonds is 3. The van der Waals surface area contributed by atoms with Crippen LogP contribution in [0.3, 0.4) is 0 Å². The van der Waals surface area contributed by atoms with Gasteiger partial charge in [0.1, 0.15) is 0 Å². The molecule has 0 amide bonds. The highest BCUT2D eigenvalue weighted by molar-refractivity contribution is 7.99. The van der Waals surface area contributed by atoms with Crippen LogP contribution >= 0.6 is 11.8 Å². The molecule has 0 saturated carbocycles. The van der Waals surface area contributed by atoms with Gasteiger partial charge in [0, 0.05) is 4.90 Å². The Kier molecular flexibility index (Phi) is 4.14. The van der Waals surface area contributed by atoms with Gasteiger partial charge in [-0.1, -0.05) is 32.9 Å². The van der Waals surface area contributed by atoms with Gasteiger partial charge >= 0.3 is 0 Å². The molecule has 0 atom stereocenters. The minimum absolute atomic E-state index is 0.117. The van der Waals surface area contributed by atoms with E-state index in [-0.39, 0.29) is 11.2 Å². The van der Waals surface area contributed by atoms with Crippen LogP contribution in [0.25, 0.3) is 0 Å². The van der Waals surface area contributed by atoms with E-state index in [2.05, 4.69) is 20.8 Å². The van der Waals surface area contributed by atoms with Gasteiger partial charge in [0.25, 0.3) is 0 Å². The molecule has 0 aliphatic heterocycles. The van der Waals surface area contributed by atoms with Gasteiger partial charge in [-0.3, -0.25) is 0 Å². The average Bonchev–Trinajstić information content (AvgIpc) is 2.14. The molecule has 3 heteroatoms. The number of hydrogen-bond donors (Lipinski definition) is 0. The molecule has 15 heavy (non-hydrogen) atoms. The summed E-state index contributed by atoms with van der Waals surface area (Å²) in [7, 11) is 0. The second kappa shape index (κ2) is 4.97. The highest BCUT2D eigenvalue weighted by atomic mass is 32.2. The predicted molar refractivity (Wildman–Crippen MR) is 61.9 cm³/mol. The summed E-state index contributed by atoms with van der Waals surface area (Å²) in [5, 5.41) is 0. The molecule has 0 saturated heterocycles. The number of benzene rings is 1. The van der Waals surface area contributed by atoms with Crippen molar-refractivity contribution < 1.29 is 8.78 Å². The van der Waals surface area contributed by atoms with Gasteiger partial charge in [-0.05, 0) is 23.1 Å². The zero-order valence-electron chi connectivity index (χ0n) is 9.26. The molecule has 0 bridgehead atoms. The van der Waals surface area contributed by atoms with E-state index in [0.717, 1.165) is 4.90 Å². The lowest BCUT2D eigenvalue weighted by Crippen LogP contribution is -2.10. The molecule has 0 nitrogen and oxygen atoms in total. The van der Waals surface area contributed by atoms with Gasteiger partial charge in [0.2, 0.25) is 6.43 Å². The highest BCUT2D eigenvalue weighted by Gasteiger charge is 2.13. The lowest BCUT2D eigenvalue weighted by molar-refractivity contribution is 0.177. The quantitative estimate of drug-likeness (QED) is 0.696. The van der Waals surface area contributed by atoms with Gasteiger partial charge in [-0.25, -0.2) is 8.78 Å². The summed E-state index contributed by atoms with van der Waals surface area (Å²) in [5.74, 6) is -0.130. The van der Waals surface area contributed by atoms with Crippen LogP contribution in [0.15, 0.2) is 29.2 Å². The zero-order chi connectivity index (χ0) is 11.5. The van der Waals surface area contributed by atoms with Crippen LogP contribution in [0.4, 0.5) is 8.78 Å². The molecule has 0 aliphatic carbocycles. The summed E-state index contributed by atoms with van der Waals surface area (Å²) in [6, 6.07) is 7.84. The SMILES string of the molecule is CC(C)(C)c1ccc(SCC(F)F)cc1. The molecule has 1 rings (SSSR count). The van der Waals surface area contributed by atoms with Crippen molar-refractivity contribution in [2.24, 2.45) is 0 Å². The van der Waals surface area contributed by atoms with Crippen molar-refractivity contribution in [1.29, 1.82) is 0 Å². The normalized spacial score (nSPS) is 12.1. The van der Waals surface area contributed by atoms with Crippen LogP contribution in [0, 0.1) is 0 Å². The first-order valence-corrected chi connectivity index (χ1v) is 5.89. The molecule has 0 radical (unpaired) electrons. The second-order valence-electron chi connectivity index (χ2n) is 4.48. The minimum Gasteiger partial charge on any atom is -0.210 e. The molecule has 0 unspecified atom stereocenters. The fourth-order valence-corrected chi connectivity index (χ4v) is 1.86. The van der Waals surface area contributed by atoms with E-state index in [9.17, 15) is 8.78 Å². The van der Waals surface area contributed by atoms with Crippen molar-refractivity contribution in [1.82, 2.24) is 0 Å². The largest absolute Gasteiger partial charge is 0.247 e. The fourth-order valence-electron chi connectivity index (χ4n) is 1.21. The minimum atomic E-state index is -2.24. The Labute approximate surface area is 94.1 Å². The maximum absolute atomic E-state index is 12.0. The number of thioether (sulfide) groups is 1. The Morgan fingerprint density at radius 3 is 2.07 bits per heavy atom. The van der Waals surface area contributed by atoms with E-state index in [0.29, 0.717) is 0 Å². The van der Waals surface area contributed by atoms with E-state index in [1.165, 1.54) is 17.3 Å². The molecular weight excluding hydrogens is 214 g/mol. The summed E-state index contributed by atoms with van der Waals surface area (Å²) in [4.78, 5) is 0.906. The summed E-state index contributed by atoms with van der Waals surface area (Å²) < 4.78 is 23.9. The van der Waals surface area contributed by atoms with Crippen molar-refractivity contribution in [2.75, 3.05) is 5.75 Å². The Bertz CT molecular complexity index is 298. The van der Waals surface area contributed by atoms with E-state index >= 15 is 0 Å². The van der Waals surface area contributed by atoms with E-state index < -0.39 is 6.43 Å². The van der Waals surface area contributed by atoms with Crippen LogP contribution in [-0.4, -0.2) is 12.2 Å². The molecule has 1 aromatic carbocycles. The summed E-state index contributed by atoms with van der Waals surface area (Å²) in [6.45, 7) is 6.40. The van der Waals surface area contributed by atoms with Crippen molar-refractivity contribution in [3.63, 3.8) is 0 Å². The molecule has 0 fully saturated rings. The first-order valence-electron chi connectivity index (χ1n) is 4.91. The van der Waals surface area contributed by atoms with Crippen molar-refractivity contribution in [2.45, 2.75) is 37.5 Å². The molecule has 1 aromatic rings. The summed E-state index contributed by atoms with van der Waals surface area (Å²) in [5.41, 5.74) is 1.34. The zero-order valence-corrected chi connectivity index (χ0v) is 10.1. The van der Waals surface area contributed by atoms with Crippen molar-refractivity contribution in [3.05, 3.63) is 29.8 Å². The highest BCUT2D eigenvalue weighted by Crippen LogP contribution is 2.26. The average molecular weight is 230 g/mol. The third kappa shape index (κ3) is 4.20. The summed E-state index contributed by atoms with van der Waals surface area (Å²) >= 11 is 1.20. The van der Waals surface area contributed by atoms with E-state index in [1.807, 2.05) is 24.3 Å². The Morgan fingerprint density at radius 1 is 1.13 bits per heavy atom. The van der Waals surface area contributed by atoms with Crippen LogP contribution in [0.5, 0.6) is 0 Å². The Hall–Kier alpha value is -0.570. The van der Waals surface area contributed by atoms with Crippen molar-refractivity contribution >= 4 is 11.8 Å². The summed E-state index contributed by atoms with van der Waals surface area (Å²) in [6.07, 6.45) is -2.24. The monoisotopic (exact) mass is 230 g/mol. The van der Waals surface area contributed by atoms with E-state index in [4.69, 9.17) is 0 Å². The number of hydrogen-bond acceptors (Lipinski definition) is 1. The smallest absolute Gasteiger partial charge is 0.210 e. The fraction of sp³-hybridized carbons (Fsp3) is 0.500.